The van der Waals surface area contributed by atoms with Crippen molar-refractivity contribution in [2.45, 2.75) is 18.8 Å². The van der Waals surface area contributed by atoms with Gasteiger partial charge in [0.25, 0.3) is 5.92 Å². The summed E-state index contributed by atoms with van der Waals surface area (Å²) in [7, 11) is 0. The van der Waals surface area contributed by atoms with Gasteiger partial charge < -0.3 is 5.43 Å². The highest BCUT2D eigenvalue weighted by Crippen LogP contribution is 2.43. The van der Waals surface area contributed by atoms with Crippen molar-refractivity contribution < 1.29 is 13.2 Å². The van der Waals surface area contributed by atoms with Crippen LogP contribution >= 0.6 is 11.3 Å². The monoisotopic (exact) mass is 446 g/mol. The largest absolute Gasteiger partial charge is 0.308 e. The molecule has 1 unspecified atom stereocenters. The van der Waals surface area contributed by atoms with Gasteiger partial charge in [-0.15, -0.1) is 11.3 Å². The average molecular weight is 447 g/mol. The van der Waals surface area contributed by atoms with E-state index in [2.05, 4.69) is 33.2 Å². The second-order valence-corrected chi connectivity index (χ2v) is 7.97. The zero-order chi connectivity index (χ0) is 22.4. The molecular weight excluding hydrogens is 425 g/mol. The van der Waals surface area contributed by atoms with Crippen molar-refractivity contribution in [1.82, 2.24) is 15.9 Å². The molecule has 10 heteroatoms. The topological polar surface area (TPSA) is 101 Å². The second-order valence-electron chi connectivity index (χ2n) is 6.68. The van der Waals surface area contributed by atoms with Crippen LogP contribution in [0.5, 0.6) is 0 Å². The van der Waals surface area contributed by atoms with E-state index in [4.69, 9.17) is 11.7 Å². The Morgan fingerprint density at radius 1 is 1.13 bits per heavy atom. The highest BCUT2D eigenvalue weighted by Gasteiger charge is 2.44. The maximum atomic E-state index is 15.4. The molecule has 0 radical (unpaired) electrons. The molecule has 6 nitrogen and oxygen atoms in total. The average Bonchev–Trinajstić information content (AvgIpc) is 3.17. The first-order valence-corrected chi connectivity index (χ1v) is 10.0. The van der Waals surface area contributed by atoms with Crippen LogP contribution in [-0.4, -0.2) is 11.5 Å². The molecule has 1 atom stereocenters. The Bertz CT molecular complexity index is 1090. The third-order valence-corrected chi connectivity index (χ3v) is 5.45. The number of thiophene rings is 1. The minimum atomic E-state index is -3.42. The van der Waals surface area contributed by atoms with Gasteiger partial charge in [-0.05, 0) is 48.9 Å². The number of benzene rings is 1. The van der Waals surface area contributed by atoms with Crippen LogP contribution in [-0.2, 0) is 5.92 Å². The lowest BCUT2D eigenvalue weighted by Crippen LogP contribution is -2.38. The molecule has 3 aromatic rings. The number of aromatic nitrogens is 1. The number of nitrogens with zero attached hydrogens (tertiary/aromatic N) is 1. The SMILES string of the molecule is Cc1ccc(C#Cc2ccc(C(F)(F)C(CNN)c3ccc(F)cc3NNN)nc2)s1. The summed E-state index contributed by atoms with van der Waals surface area (Å²) in [6.45, 7) is 1.69. The van der Waals surface area contributed by atoms with E-state index in [-0.39, 0.29) is 17.8 Å². The van der Waals surface area contributed by atoms with E-state index in [1.807, 2.05) is 19.1 Å². The maximum Gasteiger partial charge on any atom is 0.297 e. The van der Waals surface area contributed by atoms with Gasteiger partial charge in [0, 0.05) is 23.2 Å². The number of halogens is 3. The van der Waals surface area contributed by atoms with Crippen molar-refractivity contribution in [3.8, 4) is 11.8 Å². The van der Waals surface area contributed by atoms with Gasteiger partial charge in [-0.3, -0.25) is 22.1 Å². The van der Waals surface area contributed by atoms with Gasteiger partial charge in [0.05, 0.1) is 16.5 Å². The van der Waals surface area contributed by atoms with Crippen LogP contribution < -0.4 is 28.1 Å². The molecule has 2 heterocycles. The smallest absolute Gasteiger partial charge is 0.297 e. The van der Waals surface area contributed by atoms with Crippen molar-refractivity contribution in [3.05, 3.63) is 81.1 Å². The Balaban J connectivity index is 1.91. The highest BCUT2D eigenvalue weighted by atomic mass is 32.1. The zero-order valence-electron chi connectivity index (χ0n) is 16.5. The minimum Gasteiger partial charge on any atom is -0.308 e. The minimum absolute atomic E-state index is 0.0659. The van der Waals surface area contributed by atoms with E-state index < -0.39 is 23.4 Å². The van der Waals surface area contributed by atoms with E-state index in [9.17, 15) is 4.39 Å². The molecule has 0 spiro atoms. The number of hydrogen-bond acceptors (Lipinski definition) is 7. The molecule has 0 aliphatic rings. The molecule has 0 fully saturated rings. The Morgan fingerprint density at radius 3 is 2.55 bits per heavy atom. The number of aryl methyl sites for hydroxylation is 1. The van der Waals surface area contributed by atoms with Gasteiger partial charge in [-0.1, -0.05) is 17.9 Å². The molecule has 0 aliphatic carbocycles. The number of hydrogen-bond donors (Lipinski definition) is 5. The van der Waals surface area contributed by atoms with Gasteiger partial charge in [-0.25, -0.2) is 4.39 Å². The van der Waals surface area contributed by atoms with E-state index in [1.165, 1.54) is 24.4 Å². The Hall–Kier alpha value is -2.94. The van der Waals surface area contributed by atoms with Crippen LogP contribution in [0.4, 0.5) is 18.9 Å². The first-order chi connectivity index (χ1) is 14.8. The summed E-state index contributed by atoms with van der Waals surface area (Å²) < 4.78 is 44.5. The molecule has 162 valence electrons. The molecule has 2 aromatic heterocycles. The molecule has 0 amide bonds. The van der Waals surface area contributed by atoms with Crippen LogP contribution in [0.2, 0.25) is 0 Å². The molecule has 1 aromatic carbocycles. The predicted octanol–water partition coefficient (Wildman–Crippen LogP) is 3.12. The lowest BCUT2D eigenvalue weighted by molar-refractivity contribution is -0.0378. The van der Waals surface area contributed by atoms with Gasteiger partial charge in [-0.2, -0.15) is 14.3 Å². The van der Waals surface area contributed by atoms with E-state index >= 15 is 8.78 Å². The molecule has 0 saturated heterocycles. The van der Waals surface area contributed by atoms with Crippen LogP contribution in [0.1, 0.15) is 32.5 Å². The fraction of sp³-hybridized carbons (Fsp3) is 0.190. The number of anilines is 1. The van der Waals surface area contributed by atoms with Crippen LogP contribution in [0, 0.1) is 24.6 Å². The fourth-order valence-electron chi connectivity index (χ4n) is 3.05. The van der Waals surface area contributed by atoms with Crippen molar-refractivity contribution in [1.29, 1.82) is 0 Å². The summed E-state index contributed by atoms with van der Waals surface area (Å²) in [5.74, 6) is 11.0. The molecule has 0 bridgehead atoms. The summed E-state index contributed by atoms with van der Waals surface area (Å²) >= 11 is 1.55. The molecule has 0 saturated carbocycles. The summed E-state index contributed by atoms with van der Waals surface area (Å²) in [5, 5.41) is 0. The Labute approximate surface area is 181 Å². The molecular formula is C21H21F3N6S. The van der Waals surface area contributed by atoms with E-state index in [0.29, 0.717) is 5.56 Å². The van der Waals surface area contributed by atoms with Gasteiger partial charge >= 0.3 is 0 Å². The molecule has 0 aliphatic heterocycles. The lowest BCUT2D eigenvalue weighted by Gasteiger charge is -2.28. The van der Waals surface area contributed by atoms with Crippen LogP contribution in [0.3, 0.4) is 0 Å². The number of hydrazine groups is 3. The van der Waals surface area contributed by atoms with Crippen LogP contribution in [0.15, 0.2) is 48.7 Å². The molecule has 31 heavy (non-hydrogen) atoms. The van der Waals surface area contributed by atoms with E-state index in [1.54, 1.807) is 11.3 Å². The lowest BCUT2D eigenvalue weighted by atomic mass is 9.89. The van der Waals surface area contributed by atoms with Crippen molar-refractivity contribution >= 4 is 17.0 Å². The standard InChI is InChI=1S/C21H21F3N6S/c1-13-2-6-16(31-13)7-3-14-4-9-20(27-11-14)21(23,24)18(12-28-25)17-8-5-15(22)10-19(17)29-30-26/h2,4-6,8-11,18,28-30H,12,25-26H2,1H3. The van der Waals surface area contributed by atoms with Crippen molar-refractivity contribution in [2.75, 3.05) is 12.0 Å². The first kappa shape index (κ1) is 22.7. The first-order valence-electron chi connectivity index (χ1n) is 9.22. The summed E-state index contributed by atoms with van der Waals surface area (Å²) in [6, 6.07) is 9.99. The zero-order valence-corrected chi connectivity index (χ0v) is 17.4. The normalized spacial score (nSPS) is 12.2. The van der Waals surface area contributed by atoms with Crippen LogP contribution in [0.25, 0.3) is 0 Å². The Kier molecular flexibility index (Phi) is 7.27. The number of rotatable bonds is 7. The fourth-order valence-corrected chi connectivity index (χ4v) is 3.77. The number of pyridine rings is 1. The number of alkyl halides is 2. The summed E-state index contributed by atoms with van der Waals surface area (Å²) in [5.41, 5.74) is 7.11. The van der Waals surface area contributed by atoms with Crippen molar-refractivity contribution in [2.24, 2.45) is 11.7 Å². The number of nitrogens with two attached hydrogens (primary N) is 2. The molecule has 7 N–H and O–H groups in total. The Morgan fingerprint density at radius 2 is 1.94 bits per heavy atom. The highest BCUT2D eigenvalue weighted by molar-refractivity contribution is 7.12. The van der Waals surface area contributed by atoms with Crippen molar-refractivity contribution in [3.63, 3.8) is 0 Å². The quantitative estimate of drug-likeness (QED) is 0.217. The second kappa shape index (κ2) is 9.91. The van der Waals surface area contributed by atoms with Gasteiger partial charge in [0.15, 0.2) is 0 Å². The number of nitrogens with one attached hydrogen (secondary N) is 3. The van der Waals surface area contributed by atoms with E-state index in [0.717, 1.165) is 21.9 Å². The maximum absolute atomic E-state index is 15.4. The summed E-state index contributed by atoms with van der Waals surface area (Å²) in [6.07, 6.45) is 1.30. The molecule has 3 rings (SSSR count). The third-order valence-electron chi connectivity index (χ3n) is 4.53. The summed E-state index contributed by atoms with van der Waals surface area (Å²) in [4.78, 5) is 5.95. The van der Waals surface area contributed by atoms with Gasteiger partial charge in [0.2, 0.25) is 0 Å². The third kappa shape index (κ3) is 5.41. The van der Waals surface area contributed by atoms with Gasteiger partial charge in [0.1, 0.15) is 11.5 Å². The predicted molar refractivity (Wildman–Crippen MR) is 115 cm³/mol.